The molecule has 372 valence electrons. The van der Waals surface area contributed by atoms with Crippen molar-refractivity contribution >= 4 is 65.2 Å². The lowest BCUT2D eigenvalue weighted by atomic mass is 10.1. The van der Waals surface area contributed by atoms with Crippen molar-refractivity contribution in [3.05, 3.63) is 116 Å². The van der Waals surface area contributed by atoms with Gasteiger partial charge in [-0.15, -0.1) is 0 Å². The second kappa shape index (κ2) is 20.0. The summed E-state index contributed by atoms with van der Waals surface area (Å²) in [6.07, 6.45) is -2.88. The summed E-state index contributed by atoms with van der Waals surface area (Å²) in [5.74, 6) is -4.12. The largest absolute Gasteiger partial charge is 0.496 e. The number of amides is 2. The highest BCUT2D eigenvalue weighted by atomic mass is 19.4. The zero-order valence-corrected chi connectivity index (χ0v) is 38.0. The number of carbonyl (C=O) groups excluding carboxylic acids is 3. The van der Waals surface area contributed by atoms with Gasteiger partial charge in [0.05, 0.1) is 73.1 Å². The quantitative estimate of drug-likeness (QED) is 0.0527. The molecule has 0 spiro atoms. The standard InChI is InChI=1S/C22H19F3N6O4.C16H16F3N5O2.C6H5NO3/c1-9-6-28-14(10(2)16(9)35-3)8-31-18-15(17(22(23,24)25)29-21(26)30-18)13(19(31)32)5-12-4-11(7-27-12)20(33)34;1-7-5-21-10(8(2)12(7)26-3)6-24-11(25)4-9-13(16(17,18)19)22-15(20)23-14(9)24;8-3-5-1-4(2-7-5)6(9)10/h4-7,27H,8H2,1-3H3,(H,33,34)(H2,26,29,30);5H,4,6H2,1-3H3,(H2,20,22,23);1-3,7H,(H,9,10)/b13-5-;;. The molecular weight excluding hydrogens is 955 g/mol. The lowest BCUT2D eigenvalue weighted by Crippen LogP contribution is -2.28. The van der Waals surface area contributed by atoms with Gasteiger partial charge in [0.25, 0.3) is 5.91 Å². The van der Waals surface area contributed by atoms with E-state index in [1.165, 1.54) is 38.7 Å². The third-order valence-electron chi connectivity index (χ3n) is 10.8. The van der Waals surface area contributed by atoms with Crippen LogP contribution in [0.1, 0.15) is 93.1 Å². The maximum atomic E-state index is 13.9. The zero-order chi connectivity index (χ0) is 52.4. The lowest BCUT2D eigenvalue weighted by Gasteiger charge is -2.19. The van der Waals surface area contributed by atoms with Crippen LogP contribution < -0.4 is 30.7 Å². The van der Waals surface area contributed by atoms with Crippen molar-refractivity contribution in [2.24, 2.45) is 0 Å². The molecule has 6 aromatic heterocycles. The van der Waals surface area contributed by atoms with Crippen LogP contribution in [0.15, 0.2) is 36.9 Å². The SMILES string of the molecule is COc1c(C)cnc(CN2C(=O)/C(=C\c3cc(C(=O)O)c[nH]3)c3c2nc(N)nc3C(F)(F)F)c1C.COc1c(C)cnc(CN2C(=O)Cc3c2nc(N)nc3C(F)(F)F)c1C.O=Cc1cc(C(=O)O)c[nH]1. The van der Waals surface area contributed by atoms with E-state index in [0.717, 1.165) is 33.2 Å². The van der Waals surface area contributed by atoms with Crippen molar-refractivity contribution in [2.45, 2.75) is 59.6 Å². The number of pyridine rings is 2. The molecule has 0 unspecified atom stereocenters. The molecule has 8 rings (SSSR count). The number of carboxylic acid groups (broad SMARTS) is 2. The molecule has 71 heavy (non-hydrogen) atoms. The number of H-pyrrole nitrogens is 2. The Hall–Kier alpha value is -8.91. The Kier molecular flexibility index (Phi) is 14.5. The van der Waals surface area contributed by atoms with E-state index >= 15 is 0 Å². The number of hydrogen-bond donors (Lipinski definition) is 6. The number of methoxy groups -OCH3 is 2. The van der Waals surface area contributed by atoms with Crippen molar-refractivity contribution in [1.29, 1.82) is 0 Å². The molecule has 0 radical (unpaired) electrons. The number of rotatable bonds is 10. The molecule has 0 bridgehead atoms. The molecule has 8 N–H and O–H groups in total. The number of nitrogens with two attached hydrogens (primary N) is 2. The first-order valence-corrected chi connectivity index (χ1v) is 20.4. The molecule has 21 nitrogen and oxygen atoms in total. The number of aromatic nitrogens is 8. The van der Waals surface area contributed by atoms with Gasteiger partial charge in [-0.05, 0) is 45.9 Å². The highest BCUT2D eigenvalue weighted by Crippen LogP contribution is 2.45. The fourth-order valence-electron chi connectivity index (χ4n) is 7.52. The fourth-order valence-corrected chi connectivity index (χ4v) is 7.52. The summed E-state index contributed by atoms with van der Waals surface area (Å²) in [6.45, 7) is 6.83. The van der Waals surface area contributed by atoms with E-state index in [1.807, 2.05) is 6.92 Å². The van der Waals surface area contributed by atoms with E-state index < -0.39 is 71.4 Å². The van der Waals surface area contributed by atoms with Crippen LogP contribution in [0.2, 0.25) is 0 Å². The second-order valence-corrected chi connectivity index (χ2v) is 15.5. The van der Waals surface area contributed by atoms with Gasteiger partial charge in [-0.2, -0.15) is 36.3 Å². The highest BCUT2D eigenvalue weighted by molar-refractivity contribution is 6.35. The molecular formula is C44H40F6N12O9. The number of alkyl halides is 6. The minimum Gasteiger partial charge on any atom is -0.496 e. The van der Waals surface area contributed by atoms with Gasteiger partial charge >= 0.3 is 24.3 Å². The molecule has 6 aromatic rings. The summed E-state index contributed by atoms with van der Waals surface area (Å²) < 4.78 is 92.1. The van der Waals surface area contributed by atoms with Crippen LogP contribution in [0.5, 0.6) is 11.5 Å². The van der Waals surface area contributed by atoms with Crippen LogP contribution in [0.25, 0.3) is 11.6 Å². The number of carbonyl (C=O) groups is 5. The monoisotopic (exact) mass is 994 g/mol. The Bertz CT molecular complexity index is 3150. The number of aldehydes is 1. The first kappa shape index (κ1) is 51.5. The number of nitrogens with one attached hydrogen (secondary N) is 2. The molecule has 2 aliphatic rings. The predicted molar refractivity (Wildman–Crippen MR) is 238 cm³/mol. The summed E-state index contributed by atoms with van der Waals surface area (Å²) >= 11 is 0. The number of ether oxygens (including phenoxy) is 2. The van der Waals surface area contributed by atoms with E-state index in [-0.39, 0.29) is 58.4 Å². The summed E-state index contributed by atoms with van der Waals surface area (Å²) in [4.78, 5) is 87.5. The molecule has 0 saturated carbocycles. The van der Waals surface area contributed by atoms with Gasteiger partial charge in [-0.1, -0.05) is 0 Å². The number of fused-ring (bicyclic) bond motifs is 2. The number of aromatic carboxylic acids is 2. The van der Waals surface area contributed by atoms with Gasteiger partial charge in [0, 0.05) is 58.3 Å². The van der Waals surface area contributed by atoms with Crippen LogP contribution in [0, 0.1) is 27.7 Å². The number of aryl methyl sites for hydroxylation is 2. The zero-order valence-electron chi connectivity index (χ0n) is 38.0. The van der Waals surface area contributed by atoms with Gasteiger partial charge in [0.1, 0.15) is 23.1 Å². The lowest BCUT2D eigenvalue weighted by molar-refractivity contribution is -0.142. The van der Waals surface area contributed by atoms with Crippen LogP contribution in [0.3, 0.4) is 0 Å². The molecule has 0 fully saturated rings. The van der Waals surface area contributed by atoms with Crippen LogP contribution in [0.4, 0.5) is 49.9 Å². The molecule has 2 amide bonds. The van der Waals surface area contributed by atoms with Crippen LogP contribution >= 0.6 is 0 Å². The Morgan fingerprint density at radius 1 is 0.732 bits per heavy atom. The van der Waals surface area contributed by atoms with Crippen molar-refractivity contribution in [3.8, 4) is 11.5 Å². The number of anilines is 4. The maximum absolute atomic E-state index is 13.9. The molecule has 0 aliphatic carbocycles. The van der Waals surface area contributed by atoms with E-state index in [2.05, 4.69) is 39.9 Å². The van der Waals surface area contributed by atoms with Gasteiger partial charge < -0.3 is 41.1 Å². The Morgan fingerprint density at radius 3 is 1.65 bits per heavy atom. The van der Waals surface area contributed by atoms with E-state index in [0.29, 0.717) is 40.3 Å². The first-order chi connectivity index (χ1) is 33.3. The summed E-state index contributed by atoms with van der Waals surface area (Å²) in [5.41, 5.74) is 11.3. The summed E-state index contributed by atoms with van der Waals surface area (Å²) in [5, 5.41) is 17.5. The van der Waals surface area contributed by atoms with Gasteiger partial charge in [-0.25, -0.2) is 19.6 Å². The summed E-state index contributed by atoms with van der Waals surface area (Å²) in [7, 11) is 2.99. The van der Waals surface area contributed by atoms with Crippen molar-refractivity contribution in [1.82, 2.24) is 39.9 Å². The molecule has 0 aromatic carbocycles. The third kappa shape index (κ3) is 10.7. The van der Waals surface area contributed by atoms with E-state index in [9.17, 15) is 50.3 Å². The Labute approximate surface area is 396 Å². The average Bonchev–Trinajstić information content (AvgIpc) is 4.09. The van der Waals surface area contributed by atoms with E-state index in [4.69, 9.17) is 31.2 Å². The number of halogens is 6. The number of nitrogens with zero attached hydrogens (tertiary/aromatic N) is 8. The van der Waals surface area contributed by atoms with Gasteiger partial charge in [0.15, 0.2) is 17.7 Å². The molecule has 2 aliphatic heterocycles. The fraction of sp³-hybridized carbons (Fsp3) is 0.250. The number of hydrogen-bond acceptors (Lipinski definition) is 15. The van der Waals surface area contributed by atoms with Crippen molar-refractivity contribution in [3.63, 3.8) is 0 Å². The van der Waals surface area contributed by atoms with Crippen LogP contribution in [-0.2, 0) is 41.5 Å². The molecule has 8 heterocycles. The van der Waals surface area contributed by atoms with Crippen LogP contribution in [-0.4, -0.2) is 94.3 Å². The van der Waals surface area contributed by atoms with Gasteiger partial charge in [0.2, 0.25) is 17.8 Å². The number of nitrogen functional groups attached to an aromatic ring is 2. The second-order valence-electron chi connectivity index (χ2n) is 15.5. The molecule has 0 saturated heterocycles. The van der Waals surface area contributed by atoms with Gasteiger partial charge in [-0.3, -0.25) is 34.2 Å². The van der Waals surface area contributed by atoms with E-state index in [1.54, 1.807) is 27.0 Å². The smallest absolute Gasteiger partial charge is 0.434 e. The van der Waals surface area contributed by atoms with Crippen molar-refractivity contribution < 1.29 is 70.0 Å². The highest BCUT2D eigenvalue weighted by Gasteiger charge is 2.46. The number of carboxylic acids is 2. The maximum Gasteiger partial charge on any atom is 0.434 e. The summed E-state index contributed by atoms with van der Waals surface area (Å²) in [6, 6.07) is 2.46. The first-order valence-electron chi connectivity index (χ1n) is 20.4. The minimum atomic E-state index is -4.94. The Morgan fingerprint density at radius 2 is 1.20 bits per heavy atom. The third-order valence-corrected chi connectivity index (χ3v) is 10.8. The van der Waals surface area contributed by atoms with Crippen molar-refractivity contribution in [2.75, 3.05) is 35.5 Å². The average molecular weight is 995 g/mol. The molecule has 27 heteroatoms. The predicted octanol–water partition coefficient (Wildman–Crippen LogP) is 5.92. The number of aromatic amines is 2. The molecule has 0 atom stereocenters. The normalized spacial score (nSPS) is 13.5. The Balaban J connectivity index is 0.000000200. The minimum absolute atomic E-state index is 0.0396. The topological polar surface area (TPSA) is 312 Å².